The van der Waals surface area contributed by atoms with Crippen LogP contribution in [0, 0.1) is 6.92 Å². The summed E-state index contributed by atoms with van der Waals surface area (Å²) in [4.78, 5) is 12.9. The van der Waals surface area contributed by atoms with Crippen LogP contribution in [0.2, 0.25) is 0 Å². The molecule has 2 aromatic carbocycles. The van der Waals surface area contributed by atoms with Gasteiger partial charge in [0, 0.05) is 18.3 Å². The highest BCUT2D eigenvalue weighted by molar-refractivity contribution is 7.98. The molecule has 0 spiro atoms. The third kappa shape index (κ3) is 4.75. The third-order valence-electron chi connectivity index (χ3n) is 4.60. The minimum Gasteiger partial charge on any atom is -0.497 e. The summed E-state index contributed by atoms with van der Waals surface area (Å²) >= 11 is 1.48. The van der Waals surface area contributed by atoms with Crippen molar-refractivity contribution in [1.82, 2.24) is 29.7 Å². The van der Waals surface area contributed by atoms with Gasteiger partial charge in [0.2, 0.25) is 11.9 Å². The normalized spacial score (nSPS) is 10.8. The highest BCUT2D eigenvalue weighted by Gasteiger charge is 2.13. The van der Waals surface area contributed by atoms with E-state index in [2.05, 4.69) is 30.5 Å². The van der Waals surface area contributed by atoms with Gasteiger partial charge in [-0.2, -0.15) is 15.0 Å². The summed E-state index contributed by atoms with van der Waals surface area (Å²) in [5.74, 6) is 3.17. The van der Waals surface area contributed by atoms with Crippen molar-refractivity contribution in [1.29, 1.82) is 0 Å². The summed E-state index contributed by atoms with van der Waals surface area (Å²) in [5.41, 5.74) is 8.86. The maximum absolute atomic E-state index is 5.90. The van der Waals surface area contributed by atoms with Crippen molar-refractivity contribution in [3.05, 3.63) is 59.9 Å². The first-order valence-electron chi connectivity index (χ1n) is 9.53. The van der Waals surface area contributed by atoms with Crippen LogP contribution in [0.5, 0.6) is 5.75 Å². The van der Waals surface area contributed by atoms with Crippen LogP contribution in [-0.4, -0.2) is 36.8 Å². The second-order valence-electron chi connectivity index (χ2n) is 6.76. The predicted molar refractivity (Wildman–Crippen MR) is 121 cm³/mol. The summed E-state index contributed by atoms with van der Waals surface area (Å²) in [6.07, 6.45) is 0. The van der Waals surface area contributed by atoms with E-state index in [0.29, 0.717) is 17.5 Å². The Hall–Kier alpha value is -3.66. The van der Waals surface area contributed by atoms with Crippen LogP contribution in [0.3, 0.4) is 0 Å². The van der Waals surface area contributed by atoms with E-state index >= 15 is 0 Å². The predicted octanol–water partition coefficient (Wildman–Crippen LogP) is 3.60. The second-order valence-corrected chi connectivity index (χ2v) is 7.70. The number of thioether (sulfide) groups is 1. The van der Waals surface area contributed by atoms with Crippen LogP contribution in [0.1, 0.15) is 11.4 Å². The minimum absolute atomic E-state index is 0.165. The average Bonchev–Trinajstić information content (AvgIpc) is 3.14. The summed E-state index contributed by atoms with van der Waals surface area (Å²) in [7, 11) is 3.57. The van der Waals surface area contributed by atoms with E-state index in [0.717, 1.165) is 33.5 Å². The molecule has 10 heteroatoms. The van der Waals surface area contributed by atoms with Crippen molar-refractivity contribution in [2.24, 2.45) is 7.05 Å². The van der Waals surface area contributed by atoms with Crippen molar-refractivity contribution in [3.8, 4) is 17.1 Å². The van der Waals surface area contributed by atoms with E-state index in [1.165, 1.54) is 11.8 Å². The van der Waals surface area contributed by atoms with Gasteiger partial charge in [0.1, 0.15) is 11.6 Å². The fraction of sp³-hybridized carbons (Fsp3) is 0.190. The smallest absolute Gasteiger partial charge is 0.232 e. The summed E-state index contributed by atoms with van der Waals surface area (Å²) in [6.45, 7) is 2.01. The van der Waals surface area contributed by atoms with E-state index < -0.39 is 0 Å². The SMILES string of the molecule is COc1ccc(-c2nnc(SCc3nc(N)nc(Nc4ccccc4C)n3)n2C)cc1. The van der Waals surface area contributed by atoms with E-state index in [1.54, 1.807) is 7.11 Å². The molecule has 4 aromatic rings. The Bertz CT molecular complexity index is 1190. The number of hydrogen-bond donors (Lipinski definition) is 2. The highest BCUT2D eigenvalue weighted by Crippen LogP contribution is 2.26. The van der Waals surface area contributed by atoms with Crippen LogP contribution >= 0.6 is 11.8 Å². The molecule has 0 aliphatic heterocycles. The Morgan fingerprint density at radius 2 is 1.81 bits per heavy atom. The summed E-state index contributed by atoms with van der Waals surface area (Å²) in [5, 5.41) is 12.6. The van der Waals surface area contributed by atoms with Gasteiger partial charge in [0.05, 0.1) is 12.9 Å². The average molecular weight is 435 g/mol. The Balaban J connectivity index is 1.48. The quantitative estimate of drug-likeness (QED) is 0.421. The molecule has 9 nitrogen and oxygen atoms in total. The molecule has 4 rings (SSSR count). The fourth-order valence-corrected chi connectivity index (χ4v) is 3.72. The van der Waals surface area contributed by atoms with E-state index in [1.807, 2.05) is 67.1 Å². The van der Waals surface area contributed by atoms with Crippen molar-refractivity contribution >= 4 is 29.3 Å². The molecule has 2 aromatic heterocycles. The number of anilines is 3. The number of aryl methyl sites for hydroxylation is 1. The molecular weight excluding hydrogens is 412 g/mol. The lowest BCUT2D eigenvalue weighted by molar-refractivity contribution is 0.415. The molecule has 0 fully saturated rings. The fourth-order valence-electron chi connectivity index (χ4n) is 2.95. The summed E-state index contributed by atoms with van der Waals surface area (Å²) in [6, 6.07) is 15.6. The van der Waals surface area contributed by atoms with Crippen LogP contribution in [0.4, 0.5) is 17.6 Å². The van der Waals surface area contributed by atoms with Crippen molar-refractivity contribution in [2.45, 2.75) is 17.8 Å². The standard InChI is InChI=1S/C21H22N8OS/c1-13-6-4-5-7-16(13)23-20-25-17(24-19(22)26-20)12-31-21-28-27-18(29(21)2)14-8-10-15(30-3)11-9-14/h4-11H,12H2,1-3H3,(H3,22,23,24,25,26). The lowest BCUT2D eigenvalue weighted by Crippen LogP contribution is -2.07. The molecule has 3 N–H and O–H groups in total. The lowest BCUT2D eigenvalue weighted by atomic mass is 10.2. The minimum atomic E-state index is 0.165. The number of methoxy groups -OCH3 is 1. The van der Waals surface area contributed by atoms with Gasteiger partial charge >= 0.3 is 0 Å². The molecule has 0 aliphatic carbocycles. The summed E-state index contributed by atoms with van der Waals surface area (Å²) < 4.78 is 7.14. The molecular formula is C21H22N8OS. The first kappa shape index (κ1) is 20.6. The zero-order valence-corrected chi connectivity index (χ0v) is 18.2. The molecule has 0 atom stereocenters. The largest absolute Gasteiger partial charge is 0.497 e. The number of hydrogen-bond acceptors (Lipinski definition) is 9. The number of nitrogens with two attached hydrogens (primary N) is 1. The number of ether oxygens (including phenoxy) is 1. The monoisotopic (exact) mass is 434 g/mol. The molecule has 0 radical (unpaired) electrons. The van der Waals surface area contributed by atoms with Crippen LogP contribution in [0.25, 0.3) is 11.4 Å². The van der Waals surface area contributed by atoms with Gasteiger partial charge in [-0.3, -0.25) is 0 Å². The Morgan fingerprint density at radius 3 is 2.55 bits per heavy atom. The number of benzene rings is 2. The molecule has 0 amide bonds. The van der Waals surface area contributed by atoms with E-state index in [4.69, 9.17) is 10.5 Å². The Kier molecular flexibility index (Phi) is 5.99. The van der Waals surface area contributed by atoms with E-state index in [9.17, 15) is 0 Å². The number of para-hydroxylation sites is 1. The second kappa shape index (κ2) is 9.00. The van der Waals surface area contributed by atoms with Crippen LogP contribution in [-0.2, 0) is 12.8 Å². The van der Waals surface area contributed by atoms with E-state index in [-0.39, 0.29) is 5.95 Å². The highest BCUT2D eigenvalue weighted by atomic mass is 32.2. The number of rotatable bonds is 7. The van der Waals surface area contributed by atoms with Gasteiger partial charge in [-0.1, -0.05) is 30.0 Å². The first-order chi connectivity index (χ1) is 15.0. The molecule has 0 saturated carbocycles. The third-order valence-corrected chi connectivity index (χ3v) is 5.62. The topological polar surface area (TPSA) is 117 Å². The maximum Gasteiger partial charge on any atom is 0.232 e. The van der Waals surface area contributed by atoms with Crippen molar-refractivity contribution < 1.29 is 4.74 Å². The molecule has 0 aliphatic rings. The molecule has 0 unspecified atom stereocenters. The van der Waals surface area contributed by atoms with Gasteiger partial charge in [0.15, 0.2) is 11.0 Å². The molecule has 0 bridgehead atoms. The van der Waals surface area contributed by atoms with Gasteiger partial charge in [-0.25, -0.2) is 0 Å². The number of nitrogens with one attached hydrogen (secondary N) is 1. The molecule has 2 heterocycles. The van der Waals surface area contributed by atoms with Crippen LogP contribution in [0.15, 0.2) is 53.7 Å². The van der Waals surface area contributed by atoms with Gasteiger partial charge in [-0.05, 0) is 42.8 Å². The zero-order valence-electron chi connectivity index (χ0n) is 17.4. The van der Waals surface area contributed by atoms with Gasteiger partial charge in [-0.15, -0.1) is 10.2 Å². The first-order valence-corrected chi connectivity index (χ1v) is 10.5. The Morgan fingerprint density at radius 1 is 1.03 bits per heavy atom. The number of nitrogen functional groups attached to an aromatic ring is 1. The van der Waals surface area contributed by atoms with Crippen molar-refractivity contribution in [3.63, 3.8) is 0 Å². The van der Waals surface area contributed by atoms with Crippen LogP contribution < -0.4 is 15.8 Å². The molecule has 0 saturated heterocycles. The molecule has 31 heavy (non-hydrogen) atoms. The van der Waals surface area contributed by atoms with Gasteiger partial charge in [0.25, 0.3) is 0 Å². The number of aromatic nitrogens is 6. The maximum atomic E-state index is 5.90. The zero-order chi connectivity index (χ0) is 21.8. The van der Waals surface area contributed by atoms with Crippen molar-refractivity contribution in [2.75, 3.05) is 18.2 Å². The lowest BCUT2D eigenvalue weighted by Gasteiger charge is -2.09. The number of nitrogens with zero attached hydrogens (tertiary/aromatic N) is 6. The Labute approximate surface area is 184 Å². The van der Waals surface area contributed by atoms with Gasteiger partial charge < -0.3 is 20.4 Å². The molecule has 158 valence electrons.